The number of hydrogen-bond donors (Lipinski definition) is 1. The number of benzene rings is 1. The molecule has 0 amide bonds. The largest absolute Gasteiger partial charge is 0.399 e. The number of fused-ring (bicyclic) bond motifs is 2. The van der Waals surface area contributed by atoms with Crippen LogP contribution in [0.25, 0.3) is 0 Å². The molecule has 2 saturated heterocycles. The Kier molecular flexibility index (Phi) is 2.60. The summed E-state index contributed by atoms with van der Waals surface area (Å²) in [4.78, 5) is 2.64. The molecule has 3 fully saturated rings. The Morgan fingerprint density at radius 3 is 2.31 bits per heavy atom. The van der Waals surface area contributed by atoms with Crippen molar-refractivity contribution in [3.63, 3.8) is 0 Å². The Balaban J connectivity index is 1.51. The van der Waals surface area contributed by atoms with Crippen molar-refractivity contribution in [2.75, 3.05) is 25.4 Å². The monoisotopic (exact) mass is 216 g/mol. The summed E-state index contributed by atoms with van der Waals surface area (Å²) in [5.41, 5.74) is 7.95. The molecule has 0 spiro atoms. The smallest absolute Gasteiger partial charge is 0.0314 e. The van der Waals surface area contributed by atoms with Crippen LogP contribution in [0.15, 0.2) is 24.3 Å². The van der Waals surface area contributed by atoms with Crippen LogP contribution in [0, 0.1) is 11.8 Å². The third-order valence-electron chi connectivity index (χ3n) is 4.06. The maximum absolute atomic E-state index is 5.68. The first-order valence-corrected chi connectivity index (χ1v) is 6.36. The van der Waals surface area contributed by atoms with Crippen LogP contribution in [0.4, 0.5) is 5.69 Å². The summed E-state index contributed by atoms with van der Waals surface area (Å²) < 4.78 is 0. The highest BCUT2D eigenvalue weighted by Crippen LogP contribution is 2.39. The molecule has 0 unspecified atom stereocenters. The van der Waals surface area contributed by atoms with E-state index in [4.69, 9.17) is 5.73 Å². The van der Waals surface area contributed by atoms with Gasteiger partial charge in [0.25, 0.3) is 0 Å². The Hall–Kier alpha value is -1.02. The van der Waals surface area contributed by atoms with Crippen molar-refractivity contribution in [2.24, 2.45) is 11.8 Å². The molecule has 3 aliphatic rings. The van der Waals surface area contributed by atoms with Gasteiger partial charge >= 0.3 is 0 Å². The number of rotatable bonds is 3. The summed E-state index contributed by atoms with van der Waals surface area (Å²) in [6.07, 6.45) is 4.16. The van der Waals surface area contributed by atoms with Crippen molar-refractivity contribution in [3.8, 4) is 0 Å². The Bertz CT molecular complexity index is 342. The van der Waals surface area contributed by atoms with Gasteiger partial charge in [-0.3, -0.25) is 0 Å². The molecule has 2 aliphatic heterocycles. The van der Waals surface area contributed by atoms with Crippen LogP contribution >= 0.6 is 0 Å². The molecule has 2 nitrogen and oxygen atoms in total. The van der Waals surface area contributed by atoms with Crippen molar-refractivity contribution in [2.45, 2.75) is 19.3 Å². The molecule has 86 valence electrons. The number of hydrogen-bond acceptors (Lipinski definition) is 2. The molecule has 0 radical (unpaired) electrons. The van der Waals surface area contributed by atoms with Crippen LogP contribution in [0.3, 0.4) is 0 Å². The van der Waals surface area contributed by atoms with Gasteiger partial charge in [-0.15, -0.1) is 0 Å². The van der Waals surface area contributed by atoms with Gasteiger partial charge in [-0.1, -0.05) is 12.1 Å². The van der Waals surface area contributed by atoms with E-state index in [9.17, 15) is 0 Å². The molecule has 2 heterocycles. The molecule has 1 aromatic carbocycles. The number of anilines is 1. The normalized spacial score (nSPS) is 28.8. The lowest BCUT2D eigenvalue weighted by molar-refractivity contribution is 0.0284. The Morgan fingerprint density at radius 2 is 1.69 bits per heavy atom. The summed E-state index contributed by atoms with van der Waals surface area (Å²) in [6.45, 7) is 3.90. The van der Waals surface area contributed by atoms with Crippen molar-refractivity contribution in [1.29, 1.82) is 0 Å². The molecule has 2 bridgehead atoms. The zero-order chi connectivity index (χ0) is 11.0. The molecule has 4 rings (SSSR count). The zero-order valence-corrected chi connectivity index (χ0v) is 9.73. The van der Waals surface area contributed by atoms with E-state index in [0.29, 0.717) is 0 Å². The van der Waals surface area contributed by atoms with Crippen molar-refractivity contribution in [1.82, 2.24) is 4.90 Å². The maximum atomic E-state index is 5.68. The fourth-order valence-corrected chi connectivity index (χ4v) is 3.13. The van der Waals surface area contributed by atoms with Crippen LogP contribution in [0.5, 0.6) is 0 Å². The van der Waals surface area contributed by atoms with Gasteiger partial charge in [0, 0.05) is 25.3 Å². The van der Waals surface area contributed by atoms with Crippen LogP contribution in [-0.4, -0.2) is 24.5 Å². The molecule has 1 aliphatic carbocycles. The number of piperidine rings is 2. The predicted molar refractivity (Wildman–Crippen MR) is 67.2 cm³/mol. The van der Waals surface area contributed by atoms with Gasteiger partial charge in [0.1, 0.15) is 0 Å². The third kappa shape index (κ3) is 2.07. The molecule has 2 N–H and O–H groups in total. The van der Waals surface area contributed by atoms with Gasteiger partial charge in [0.15, 0.2) is 0 Å². The average Bonchev–Trinajstić information content (AvgIpc) is 2.28. The molecular formula is C14H20N2. The highest BCUT2D eigenvalue weighted by Gasteiger charge is 2.36. The highest BCUT2D eigenvalue weighted by molar-refractivity contribution is 5.39. The minimum atomic E-state index is 0.864. The maximum Gasteiger partial charge on any atom is 0.0314 e. The van der Waals surface area contributed by atoms with E-state index in [1.165, 1.54) is 44.5 Å². The van der Waals surface area contributed by atoms with Gasteiger partial charge < -0.3 is 10.6 Å². The molecule has 1 saturated carbocycles. The van der Waals surface area contributed by atoms with Gasteiger partial charge in [0.2, 0.25) is 0 Å². The molecule has 1 aromatic rings. The Labute approximate surface area is 97.4 Å². The first kappa shape index (κ1) is 10.2. The van der Waals surface area contributed by atoms with Crippen LogP contribution in [0.2, 0.25) is 0 Å². The number of nitrogen functional groups attached to an aromatic ring is 1. The zero-order valence-electron chi connectivity index (χ0n) is 9.73. The third-order valence-corrected chi connectivity index (χ3v) is 4.06. The minimum absolute atomic E-state index is 0.864. The standard InChI is InChI=1S/C14H20N2/c15-14-3-1-11(2-4-14)5-6-16-9-12-7-13(8-12)10-16/h1-4,12-13H,5-10,15H2. The highest BCUT2D eigenvalue weighted by atomic mass is 15.1. The Morgan fingerprint density at radius 1 is 1.06 bits per heavy atom. The summed E-state index contributed by atoms with van der Waals surface area (Å²) >= 11 is 0. The first-order chi connectivity index (χ1) is 7.79. The molecule has 0 aromatic heterocycles. The molecular weight excluding hydrogens is 196 g/mol. The second kappa shape index (κ2) is 4.10. The van der Waals surface area contributed by atoms with Crippen LogP contribution < -0.4 is 5.73 Å². The number of nitrogens with zero attached hydrogens (tertiary/aromatic N) is 1. The van der Waals surface area contributed by atoms with Crippen molar-refractivity contribution < 1.29 is 0 Å². The van der Waals surface area contributed by atoms with E-state index in [1.807, 2.05) is 12.1 Å². The SMILES string of the molecule is Nc1ccc(CCN2CC3CC(C3)C2)cc1. The van der Waals surface area contributed by atoms with E-state index in [1.54, 1.807) is 0 Å². The van der Waals surface area contributed by atoms with E-state index < -0.39 is 0 Å². The summed E-state index contributed by atoms with van der Waals surface area (Å²) in [6, 6.07) is 8.31. The molecule has 2 heteroatoms. The van der Waals surface area contributed by atoms with Gasteiger partial charge in [-0.05, 0) is 48.8 Å². The number of nitrogens with two attached hydrogens (primary N) is 1. The van der Waals surface area contributed by atoms with Gasteiger partial charge in [-0.25, -0.2) is 0 Å². The lowest BCUT2D eigenvalue weighted by Gasteiger charge is -2.47. The van der Waals surface area contributed by atoms with E-state index in [-0.39, 0.29) is 0 Å². The van der Waals surface area contributed by atoms with E-state index in [2.05, 4.69) is 17.0 Å². The first-order valence-electron chi connectivity index (χ1n) is 6.36. The second-order valence-electron chi connectivity index (χ2n) is 5.45. The summed E-state index contributed by atoms with van der Waals surface area (Å²) in [7, 11) is 0. The fraction of sp³-hybridized carbons (Fsp3) is 0.571. The summed E-state index contributed by atoms with van der Waals surface area (Å²) in [5.74, 6) is 2.04. The molecule has 16 heavy (non-hydrogen) atoms. The quantitative estimate of drug-likeness (QED) is 0.784. The fourth-order valence-electron chi connectivity index (χ4n) is 3.13. The van der Waals surface area contributed by atoms with Crippen LogP contribution in [-0.2, 0) is 6.42 Å². The molecule has 0 atom stereocenters. The van der Waals surface area contributed by atoms with Gasteiger partial charge in [0.05, 0.1) is 0 Å². The van der Waals surface area contributed by atoms with E-state index >= 15 is 0 Å². The summed E-state index contributed by atoms with van der Waals surface area (Å²) in [5, 5.41) is 0. The lowest BCUT2D eigenvalue weighted by atomic mass is 9.71. The minimum Gasteiger partial charge on any atom is -0.399 e. The van der Waals surface area contributed by atoms with Gasteiger partial charge in [-0.2, -0.15) is 0 Å². The van der Waals surface area contributed by atoms with E-state index in [0.717, 1.165) is 17.5 Å². The van der Waals surface area contributed by atoms with Crippen LogP contribution in [0.1, 0.15) is 18.4 Å². The van der Waals surface area contributed by atoms with Crippen molar-refractivity contribution >= 4 is 5.69 Å². The van der Waals surface area contributed by atoms with Crippen molar-refractivity contribution in [3.05, 3.63) is 29.8 Å². The average molecular weight is 216 g/mol. The predicted octanol–water partition coefficient (Wildman–Crippen LogP) is 2.15. The topological polar surface area (TPSA) is 29.3 Å². The second-order valence-corrected chi connectivity index (χ2v) is 5.45. The lowest BCUT2D eigenvalue weighted by Crippen LogP contribution is -2.49.